The molecule has 1 aliphatic rings. The maximum atomic E-state index is 12.7. The number of rotatable bonds is 14. The van der Waals surface area contributed by atoms with Gasteiger partial charge in [0, 0.05) is 19.8 Å². The van der Waals surface area contributed by atoms with Crippen molar-refractivity contribution in [1.82, 2.24) is 4.90 Å². The molecule has 0 spiro atoms. The van der Waals surface area contributed by atoms with Crippen LogP contribution in [0.4, 0.5) is 0 Å². The molecule has 0 atom stereocenters. The smallest absolute Gasteiger partial charge is 0.268 e. The van der Waals surface area contributed by atoms with E-state index in [0.717, 1.165) is 32.4 Å². The first-order valence-corrected chi connectivity index (χ1v) is 17.8. The van der Waals surface area contributed by atoms with Gasteiger partial charge in [-0.15, -0.1) is 0 Å². The van der Waals surface area contributed by atoms with Gasteiger partial charge in [-0.3, -0.25) is 4.18 Å². The van der Waals surface area contributed by atoms with Crippen molar-refractivity contribution < 1.29 is 22.1 Å². The zero-order chi connectivity index (χ0) is 28.6. The molecule has 2 aromatic carbocycles. The molecule has 0 unspecified atom stereocenters. The van der Waals surface area contributed by atoms with Crippen LogP contribution in [0.3, 0.4) is 0 Å². The first-order chi connectivity index (χ1) is 18.4. The van der Waals surface area contributed by atoms with Gasteiger partial charge in [0.25, 0.3) is 18.4 Å². The highest BCUT2D eigenvalue weighted by atomic mass is 32.2. The Morgan fingerprint density at radius 3 is 1.95 bits per heavy atom. The van der Waals surface area contributed by atoms with E-state index in [1.54, 1.807) is 0 Å². The Hall–Kier alpha value is -1.55. The average molecular weight is 576 g/mol. The molecule has 1 saturated heterocycles. The monoisotopic (exact) mass is 575 g/mol. The van der Waals surface area contributed by atoms with Crippen LogP contribution < -0.4 is 10.4 Å². The Bertz CT molecular complexity index is 1060. The van der Waals surface area contributed by atoms with Crippen LogP contribution in [0, 0.1) is 11.3 Å². The van der Waals surface area contributed by atoms with E-state index in [1.165, 1.54) is 10.4 Å². The summed E-state index contributed by atoms with van der Waals surface area (Å²) in [5.41, 5.74) is -0.360. The van der Waals surface area contributed by atoms with Gasteiger partial charge in [0.05, 0.1) is 12.4 Å². The minimum Gasteiger partial charge on any atom is -0.407 e. The summed E-state index contributed by atoms with van der Waals surface area (Å²) in [5, 5.41) is 11.5. The molecule has 1 fully saturated rings. The van der Waals surface area contributed by atoms with Gasteiger partial charge in [-0.1, -0.05) is 95.3 Å². The molecule has 1 N–H and O–H groups in total. The van der Waals surface area contributed by atoms with Crippen LogP contribution in [-0.2, 0) is 18.7 Å². The fourth-order valence-electron chi connectivity index (χ4n) is 5.54. The summed E-state index contributed by atoms with van der Waals surface area (Å²) in [6, 6.07) is 21.1. The Labute approximate surface area is 238 Å². The lowest BCUT2D eigenvalue weighted by Gasteiger charge is -2.43. The van der Waals surface area contributed by atoms with Crippen molar-refractivity contribution >= 4 is 28.8 Å². The van der Waals surface area contributed by atoms with E-state index in [0.29, 0.717) is 25.5 Å². The molecule has 0 bridgehead atoms. The van der Waals surface area contributed by atoms with Gasteiger partial charge in [-0.25, -0.2) is 0 Å². The van der Waals surface area contributed by atoms with Gasteiger partial charge in [0.1, 0.15) is 0 Å². The van der Waals surface area contributed by atoms with Crippen molar-refractivity contribution in [3.05, 3.63) is 60.7 Å². The molecular weight excluding hydrogens is 526 g/mol. The molecule has 8 heteroatoms. The second-order valence-electron chi connectivity index (χ2n) is 12.7. The molecule has 1 aliphatic heterocycles. The van der Waals surface area contributed by atoms with Gasteiger partial charge in [-0.05, 0) is 65.5 Å². The molecule has 0 amide bonds. The molecule has 0 radical (unpaired) electrons. The summed E-state index contributed by atoms with van der Waals surface area (Å²) < 4.78 is 38.0. The highest BCUT2D eigenvalue weighted by Gasteiger charge is 2.50. The quantitative estimate of drug-likeness (QED) is 0.266. The molecular formula is C31H49NO5SSi. The molecule has 3 rings (SSSR count). The van der Waals surface area contributed by atoms with E-state index in [4.69, 9.17) is 13.7 Å². The van der Waals surface area contributed by atoms with Gasteiger partial charge >= 0.3 is 0 Å². The Morgan fingerprint density at radius 1 is 0.923 bits per heavy atom. The number of likely N-dealkylation sites (tertiary alicyclic amines) is 1. The Kier molecular flexibility index (Phi) is 11.4. The summed E-state index contributed by atoms with van der Waals surface area (Å²) in [6.45, 7) is 14.0. The first kappa shape index (κ1) is 32.0. The number of nitrogens with zero attached hydrogens (tertiary/aromatic N) is 1. The largest absolute Gasteiger partial charge is 0.407 e. The van der Waals surface area contributed by atoms with Crippen LogP contribution >= 0.6 is 0 Å². The Morgan fingerprint density at radius 2 is 1.46 bits per heavy atom. The van der Waals surface area contributed by atoms with Crippen LogP contribution in [0.25, 0.3) is 0 Å². The number of benzene rings is 2. The van der Waals surface area contributed by atoms with Crippen LogP contribution in [0.1, 0.15) is 60.3 Å². The van der Waals surface area contributed by atoms with E-state index in [1.807, 2.05) is 26.0 Å². The van der Waals surface area contributed by atoms with Crippen LogP contribution in [0.2, 0.25) is 5.04 Å². The van der Waals surface area contributed by atoms with E-state index in [9.17, 15) is 8.42 Å². The number of aliphatic hydroxyl groups is 1. The van der Waals surface area contributed by atoms with Crippen LogP contribution in [0.15, 0.2) is 60.7 Å². The van der Waals surface area contributed by atoms with E-state index in [-0.39, 0.29) is 29.4 Å². The van der Waals surface area contributed by atoms with Crippen molar-refractivity contribution in [2.75, 3.05) is 45.2 Å². The van der Waals surface area contributed by atoms with Crippen molar-refractivity contribution in [2.45, 2.75) is 65.3 Å². The van der Waals surface area contributed by atoms with E-state index in [2.05, 4.69) is 74.2 Å². The standard InChI is InChI=1S/C31H49NO5SSi/c1-30(2,3)39(28-12-8-6-9-13-28,29-14-10-7-11-15-29)37-24-19-31(4,5)26-36-38(34,35)25-22-32-20-16-27(17-21-32)18-23-33/h6-15,27,33H,16-26H2,1-5H3. The van der Waals surface area contributed by atoms with Gasteiger partial charge in [-0.2, -0.15) is 8.42 Å². The first-order valence-electron chi connectivity index (χ1n) is 14.3. The fourth-order valence-corrected chi connectivity index (χ4v) is 11.2. The van der Waals surface area contributed by atoms with Crippen molar-refractivity contribution in [1.29, 1.82) is 0 Å². The lowest BCUT2D eigenvalue weighted by molar-refractivity contribution is 0.141. The van der Waals surface area contributed by atoms with Crippen molar-refractivity contribution in [2.24, 2.45) is 11.3 Å². The topological polar surface area (TPSA) is 76.1 Å². The highest BCUT2D eigenvalue weighted by Crippen LogP contribution is 2.37. The van der Waals surface area contributed by atoms with Gasteiger partial charge < -0.3 is 14.4 Å². The third-order valence-corrected chi connectivity index (χ3v) is 14.2. The summed E-state index contributed by atoms with van der Waals surface area (Å²) in [4.78, 5) is 2.19. The van der Waals surface area contributed by atoms with Crippen molar-refractivity contribution in [3.63, 3.8) is 0 Å². The third-order valence-electron chi connectivity index (χ3n) is 8.05. The normalized spacial score (nSPS) is 16.5. The summed E-state index contributed by atoms with van der Waals surface area (Å²) in [7, 11) is -6.24. The molecule has 2 aromatic rings. The maximum absolute atomic E-state index is 12.7. The average Bonchev–Trinajstić information content (AvgIpc) is 2.90. The van der Waals surface area contributed by atoms with E-state index < -0.39 is 18.4 Å². The summed E-state index contributed by atoms with van der Waals surface area (Å²) in [6.07, 6.45) is 3.55. The molecule has 0 saturated carbocycles. The SMILES string of the molecule is CC(C)(CCO[Si](c1ccccc1)(c1ccccc1)C(C)(C)C)COS(=O)(=O)CCN1CCC(CCO)CC1. The van der Waals surface area contributed by atoms with Crippen molar-refractivity contribution in [3.8, 4) is 0 Å². The van der Waals surface area contributed by atoms with Gasteiger partial charge in [0.2, 0.25) is 0 Å². The van der Waals surface area contributed by atoms with Gasteiger partial charge in [0.15, 0.2) is 0 Å². The zero-order valence-electron chi connectivity index (χ0n) is 24.6. The maximum Gasteiger partial charge on any atom is 0.268 e. The number of hydrogen-bond donors (Lipinski definition) is 1. The number of aliphatic hydroxyl groups excluding tert-OH is 1. The van der Waals surface area contributed by atoms with E-state index >= 15 is 0 Å². The highest BCUT2D eigenvalue weighted by molar-refractivity contribution is 7.86. The summed E-state index contributed by atoms with van der Waals surface area (Å²) in [5.74, 6) is 0.553. The second-order valence-corrected chi connectivity index (χ2v) is 18.8. The minimum absolute atomic E-state index is 0.00626. The second kappa shape index (κ2) is 13.9. The zero-order valence-corrected chi connectivity index (χ0v) is 26.4. The lowest BCUT2D eigenvalue weighted by Crippen LogP contribution is -2.66. The van der Waals surface area contributed by atoms with Crippen LogP contribution in [-0.4, -0.2) is 71.9 Å². The fraction of sp³-hybridized carbons (Fsp3) is 0.613. The molecule has 0 aromatic heterocycles. The minimum atomic E-state index is -3.61. The number of hydrogen-bond acceptors (Lipinski definition) is 6. The molecule has 6 nitrogen and oxygen atoms in total. The molecule has 0 aliphatic carbocycles. The predicted molar refractivity (Wildman–Crippen MR) is 163 cm³/mol. The lowest BCUT2D eigenvalue weighted by atomic mass is 9.91. The molecule has 39 heavy (non-hydrogen) atoms. The Balaban J connectivity index is 1.59. The predicted octanol–water partition coefficient (Wildman–Crippen LogP) is 4.42. The molecule has 218 valence electrons. The number of piperidine rings is 1. The third kappa shape index (κ3) is 8.97. The van der Waals surface area contributed by atoms with Crippen LogP contribution in [0.5, 0.6) is 0 Å². The molecule has 1 heterocycles. The summed E-state index contributed by atoms with van der Waals surface area (Å²) >= 11 is 0.